The lowest BCUT2D eigenvalue weighted by Crippen LogP contribution is -2.25. The molecule has 27 heavy (non-hydrogen) atoms. The van der Waals surface area contributed by atoms with E-state index in [2.05, 4.69) is 10.6 Å². The summed E-state index contributed by atoms with van der Waals surface area (Å²) in [5, 5.41) is 5.64. The van der Waals surface area contributed by atoms with Gasteiger partial charge in [0.25, 0.3) is 11.8 Å². The molecule has 140 valence electrons. The molecule has 0 saturated heterocycles. The first-order valence-electron chi connectivity index (χ1n) is 8.93. The van der Waals surface area contributed by atoms with Gasteiger partial charge in [-0.15, -0.1) is 0 Å². The number of rotatable bonds is 7. The van der Waals surface area contributed by atoms with Crippen LogP contribution in [0.1, 0.15) is 29.3 Å². The summed E-state index contributed by atoms with van der Waals surface area (Å²) >= 11 is 0. The minimum Gasteiger partial charge on any atom is -0.449 e. The number of hydrogen-bond acceptors (Lipinski definition) is 4. The van der Waals surface area contributed by atoms with Gasteiger partial charge in [-0.3, -0.25) is 9.59 Å². The van der Waals surface area contributed by atoms with E-state index in [0.29, 0.717) is 36.8 Å². The fourth-order valence-corrected chi connectivity index (χ4v) is 2.61. The van der Waals surface area contributed by atoms with Crippen LogP contribution in [0.3, 0.4) is 0 Å². The van der Waals surface area contributed by atoms with Crippen LogP contribution in [0.5, 0.6) is 5.75 Å². The maximum absolute atomic E-state index is 12.2. The van der Waals surface area contributed by atoms with Gasteiger partial charge in [-0.1, -0.05) is 24.3 Å². The topological polar surface area (TPSA) is 76.7 Å². The molecule has 2 aromatic carbocycles. The summed E-state index contributed by atoms with van der Waals surface area (Å²) in [6, 6.07) is 14.2. The highest BCUT2D eigenvalue weighted by Gasteiger charge is 2.21. The van der Waals surface area contributed by atoms with Gasteiger partial charge in [0.2, 0.25) is 0 Å². The van der Waals surface area contributed by atoms with Crippen LogP contribution < -0.4 is 15.4 Å². The van der Waals surface area contributed by atoms with E-state index in [9.17, 15) is 9.59 Å². The molecule has 2 N–H and O–H groups in total. The van der Waals surface area contributed by atoms with Crippen molar-refractivity contribution in [3.63, 3.8) is 0 Å². The summed E-state index contributed by atoms with van der Waals surface area (Å²) in [5.74, 6) is 0.379. The number of carbonyl (C=O) groups excluding carboxylic acids is 2. The van der Waals surface area contributed by atoms with Crippen molar-refractivity contribution in [2.24, 2.45) is 0 Å². The van der Waals surface area contributed by atoms with E-state index < -0.39 is 0 Å². The molecule has 2 amide bonds. The minimum atomic E-state index is -0.301. The highest BCUT2D eigenvalue weighted by molar-refractivity contribution is 6.08. The second kappa shape index (κ2) is 9.00. The molecule has 0 fully saturated rings. The molecule has 1 aliphatic rings. The largest absolute Gasteiger partial charge is 0.449 e. The number of hydrogen-bond donors (Lipinski definition) is 2. The van der Waals surface area contributed by atoms with Crippen molar-refractivity contribution in [2.45, 2.75) is 13.3 Å². The second-order valence-electron chi connectivity index (χ2n) is 5.99. The quantitative estimate of drug-likeness (QED) is 0.583. The molecular formula is C21H22N2O4. The maximum atomic E-state index is 12.2. The fraction of sp³-hybridized carbons (Fsp3) is 0.238. The van der Waals surface area contributed by atoms with E-state index in [1.807, 2.05) is 19.1 Å². The lowest BCUT2D eigenvalue weighted by Gasteiger charge is -2.19. The van der Waals surface area contributed by atoms with Crippen molar-refractivity contribution in [1.82, 2.24) is 5.32 Å². The van der Waals surface area contributed by atoms with Gasteiger partial charge in [0.05, 0.1) is 5.69 Å². The first-order chi connectivity index (χ1) is 13.2. The van der Waals surface area contributed by atoms with Crippen LogP contribution in [-0.2, 0) is 9.53 Å². The van der Waals surface area contributed by atoms with Crippen LogP contribution in [0, 0.1) is 0 Å². The van der Waals surface area contributed by atoms with Gasteiger partial charge in [0.1, 0.15) is 0 Å². The molecule has 0 unspecified atom stereocenters. The normalized spacial score (nSPS) is 14.3. The van der Waals surface area contributed by atoms with Gasteiger partial charge in [0, 0.05) is 25.3 Å². The SMILES string of the molecule is CCOCCCNC(=O)c1ccc(C=C2Oc3ccccc3NC2=O)cc1. The summed E-state index contributed by atoms with van der Waals surface area (Å²) in [6.45, 7) is 3.82. The van der Waals surface area contributed by atoms with Crippen molar-refractivity contribution in [3.8, 4) is 5.75 Å². The van der Waals surface area contributed by atoms with E-state index >= 15 is 0 Å². The first-order valence-corrected chi connectivity index (χ1v) is 8.93. The highest BCUT2D eigenvalue weighted by atomic mass is 16.5. The number of nitrogens with one attached hydrogen (secondary N) is 2. The Hall–Kier alpha value is -3.12. The summed E-state index contributed by atoms with van der Waals surface area (Å²) < 4.78 is 10.9. The van der Waals surface area contributed by atoms with Crippen molar-refractivity contribution < 1.29 is 19.1 Å². The minimum absolute atomic E-state index is 0.133. The number of anilines is 1. The molecule has 0 aliphatic carbocycles. The van der Waals surface area contributed by atoms with Gasteiger partial charge in [-0.2, -0.15) is 0 Å². The molecule has 3 rings (SSSR count). The third-order valence-electron chi connectivity index (χ3n) is 4.00. The summed E-state index contributed by atoms with van der Waals surface area (Å²) in [5.41, 5.74) is 1.98. The van der Waals surface area contributed by atoms with Crippen LogP contribution in [0.15, 0.2) is 54.3 Å². The predicted molar refractivity (Wildman–Crippen MR) is 104 cm³/mol. The van der Waals surface area contributed by atoms with Crippen molar-refractivity contribution in [3.05, 3.63) is 65.4 Å². The van der Waals surface area contributed by atoms with E-state index in [1.54, 1.807) is 42.5 Å². The van der Waals surface area contributed by atoms with E-state index in [4.69, 9.17) is 9.47 Å². The molecule has 1 heterocycles. The first kappa shape index (κ1) is 18.7. The number of fused-ring (bicyclic) bond motifs is 1. The summed E-state index contributed by atoms with van der Waals surface area (Å²) in [7, 11) is 0. The molecule has 6 heteroatoms. The number of carbonyl (C=O) groups is 2. The fourth-order valence-electron chi connectivity index (χ4n) is 2.61. The molecule has 0 atom stereocenters. The Morgan fingerprint density at radius 1 is 1.19 bits per heavy atom. The highest BCUT2D eigenvalue weighted by Crippen LogP contribution is 2.30. The molecular weight excluding hydrogens is 344 g/mol. The van der Waals surface area contributed by atoms with Gasteiger partial charge in [-0.05, 0) is 49.2 Å². The van der Waals surface area contributed by atoms with Crippen molar-refractivity contribution >= 4 is 23.6 Å². The average Bonchev–Trinajstić information content (AvgIpc) is 2.69. The summed E-state index contributed by atoms with van der Waals surface area (Å²) in [4.78, 5) is 24.3. The van der Waals surface area contributed by atoms with Gasteiger partial charge in [-0.25, -0.2) is 0 Å². The number of para-hydroxylation sites is 2. The Balaban J connectivity index is 1.61. The maximum Gasteiger partial charge on any atom is 0.291 e. The molecule has 0 bridgehead atoms. The van der Waals surface area contributed by atoms with Crippen LogP contribution in [0.25, 0.3) is 6.08 Å². The average molecular weight is 366 g/mol. The number of amides is 2. The predicted octanol–water partition coefficient (Wildman–Crippen LogP) is 3.22. The smallest absolute Gasteiger partial charge is 0.291 e. The zero-order valence-corrected chi connectivity index (χ0v) is 15.2. The monoisotopic (exact) mass is 366 g/mol. The zero-order chi connectivity index (χ0) is 19.1. The van der Waals surface area contributed by atoms with Crippen LogP contribution >= 0.6 is 0 Å². The molecule has 6 nitrogen and oxygen atoms in total. The number of ether oxygens (including phenoxy) is 2. The third kappa shape index (κ3) is 4.95. The molecule has 0 spiro atoms. The lowest BCUT2D eigenvalue weighted by molar-refractivity contribution is -0.115. The molecule has 1 aliphatic heterocycles. The van der Waals surface area contributed by atoms with Crippen LogP contribution in [0.4, 0.5) is 5.69 Å². The second-order valence-corrected chi connectivity index (χ2v) is 5.99. The van der Waals surface area contributed by atoms with Crippen LogP contribution in [0.2, 0.25) is 0 Å². The Morgan fingerprint density at radius 2 is 1.96 bits per heavy atom. The summed E-state index contributed by atoms with van der Waals surface area (Å²) in [6.07, 6.45) is 2.42. The zero-order valence-electron chi connectivity index (χ0n) is 15.2. The third-order valence-corrected chi connectivity index (χ3v) is 4.00. The van der Waals surface area contributed by atoms with E-state index in [1.165, 1.54) is 0 Å². The Labute approximate surface area is 158 Å². The lowest BCUT2D eigenvalue weighted by atomic mass is 10.1. The Morgan fingerprint density at radius 3 is 2.74 bits per heavy atom. The van der Waals surface area contributed by atoms with Gasteiger partial charge < -0.3 is 20.1 Å². The number of benzene rings is 2. The van der Waals surface area contributed by atoms with Crippen molar-refractivity contribution in [2.75, 3.05) is 25.1 Å². The standard InChI is InChI=1S/C21H22N2O4/c1-2-26-13-5-12-22-20(24)16-10-8-15(9-11-16)14-19-21(25)23-17-6-3-4-7-18(17)27-19/h3-4,6-11,14H,2,5,12-13H2,1H3,(H,22,24)(H,23,25). The van der Waals surface area contributed by atoms with Crippen molar-refractivity contribution in [1.29, 1.82) is 0 Å². The Bertz CT molecular complexity index is 844. The molecule has 0 saturated carbocycles. The van der Waals surface area contributed by atoms with Gasteiger partial charge in [0.15, 0.2) is 11.5 Å². The Kier molecular flexibility index (Phi) is 6.22. The van der Waals surface area contributed by atoms with E-state index in [-0.39, 0.29) is 17.6 Å². The molecule has 0 radical (unpaired) electrons. The molecule has 0 aromatic heterocycles. The van der Waals surface area contributed by atoms with Crippen LogP contribution in [-0.4, -0.2) is 31.6 Å². The van der Waals surface area contributed by atoms with Gasteiger partial charge >= 0.3 is 0 Å². The molecule has 2 aromatic rings. The van der Waals surface area contributed by atoms with E-state index in [0.717, 1.165) is 12.0 Å².